The fourth-order valence-corrected chi connectivity index (χ4v) is 0.955. The molecule has 1 fully saturated rings. The van der Waals surface area contributed by atoms with Gasteiger partial charge in [-0.2, -0.15) is 0 Å². The predicted octanol–water partition coefficient (Wildman–Crippen LogP) is 0.781. The van der Waals surface area contributed by atoms with Crippen molar-refractivity contribution >= 4 is 6.03 Å². The van der Waals surface area contributed by atoms with Gasteiger partial charge in [0, 0.05) is 6.54 Å². The van der Waals surface area contributed by atoms with Gasteiger partial charge in [-0.05, 0) is 12.8 Å². The third kappa shape index (κ3) is 1.12. The standard InChI is InChI=1S/C5H8FN2O/c6-4-2-1-3-8(4)5(7)9/h4,7H,1-3H2. The Morgan fingerprint density at radius 3 is 2.67 bits per heavy atom. The van der Waals surface area contributed by atoms with E-state index in [0.717, 1.165) is 4.90 Å². The van der Waals surface area contributed by atoms with Crippen LogP contribution in [0.4, 0.5) is 9.18 Å². The largest absolute Gasteiger partial charge is 0.338 e. The van der Waals surface area contributed by atoms with E-state index in [9.17, 15) is 9.18 Å². The summed E-state index contributed by atoms with van der Waals surface area (Å²) in [5, 5.41) is 0. The smallest absolute Gasteiger partial charge is 0.293 e. The number of nitrogens with zero attached hydrogens (tertiary/aromatic N) is 1. The maximum atomic E-state index is 12.4. The number of carbonyl (C=O) groups is 1. The molecule has 0 aliphatic carbocycles. The van der Waals surface area contributed by atoms with Crippen molar-refractivity contribution in [2.45, 2.75) is 19.1 Å². The number of rotatable bonds is 0. The molecule has 9 heavy (non-hydrogen) atoms. The molecular formula is C5H8FN2O. The molecule has 0 aromatic carbocycles. The number of carbonyl (C=O) groups excluding carboxylic acids is 1. The van der Waals surface area contributed by atoms with Crippen LogP contribution < -0.4 is 5.73 Å². The molecule has 1 saturated heterocycles. The number of nitrogens with one attached hydrogen (secondary N) is 1. The third-order valence-corrected chi connectivity index (χ3v) is 1.44. The van der Waals surface area contributed by atoms with Gasteiger partial charge in [0.05, 0.1) is 0 Å². The summed E-state index contributed by atoms with van der Waals surface area (Å²) >= 11 is 0. The Morgan fingerprint density at radius 2 is 2.44 bits per heavy atom. The van der Waals surface area contributed by atoms with Crippen molar-refractivity contribution in [2.75, 3.05) is 6.54 Å². The summed E-state index contributed by atoms with van der Waals surface area (Å²) in [6.07, 6.45) is -0.119. The van der Waals surface area contributed by atoms with Crippen LogP contribution in [-0.2, 0) is 0 Å². The molecule has 2 amide bonds. The first-order valence-corrected chi connectivity index (χ1v) is 2.88. The van der Waals surface area contributed by atoms with Crippen molar-refractivity contribution in [3.05, 3.63) is 0 Å². The molecule has 1 aliphatic rings. The number of hydrogen-bond acceptors (Lipinski definition) is 1. The van der Waals surface area contributed by atoms with Crippen LogP contribution >= 0.6 is 0 Å². The summed E-state index contributed by atoms with van der Waals surface area (Å²) in [4.78, 5) is 11.1. The Balaban J connectivity index is 2.49. The Morgan fingerprint density at radius 1 is 1.78 bits per heavy atom. The van der Waals surface area contributed by atoms with E-state index in [1.54, 1.807) is 0 Å². The van der Waals surface area contributed by atoms with Gasteiger partial charge in [0.1, 0.15) is 0 Å². The Hall–Kier alpha value is -0.800. The second-order valence-corrected chi connectivity index (χ2v) is 2.08. The summed E-state index contributed by atoms with van der Waals surface area (Å²) in [5.41, 5.74) is 6.55. The first-order valence-electron chi connectivity index (χ1n) is 2.88. The number of halogens is 1. The van der Waals surface area contributed by atoms with E-state index in [1.165, 1.54) is 0 Å². The zero-order valence-corrected chi connectivity index (χ0v) is 4.93. The first-order chi connectivity index (χ1) is 4.22. The zero-order valence-electron chi connectivity index (χ0n) is 4.93. The van der Waals surface area contributed by atoms with Crippen molar-refractivity contribution in [3.63, 3.8) is 0 Å². The van der Waals surface area contributed by atoms with E-state index in [0.29, 0.717) is 19.4 Å². The molecule has 0 bridgehead atoms. The van der Waals surface area contributed by atoms with E-state index in [2.05, 4.69) is 0 Å². The zero-order chi connectivity index (χ0) is 6.85. The van der Waals surface area contributed by atoms with Crippen molar-refractivity contribution < 1.29 is 9.18 Å². The van der Waals surface area contributed by atoms with Gasteiger partial charge >= 0.3 is 6.03 Å². The van der Waals surface area contributed by atoms with Crippen LogP contribution in [0.3, 0.4) is 0 Å². The quantitative estimate of drug-likeness (QED) is 0.448. The van der Waals surface area contributed by atoms with Crippen LogP contribution in [0.2, 0.25) is 0 Å². The highest BCUT2D eigenvalue weighted by Crippen LogP contribution is 2.16. The molecule has 1 heterocycles. The summed E-state index contributed by atoms with van der Waals surface area (Å²) in [6.45, 7) is 0.406. The molecule has 4 heteroatoms. The molecule has 51 valence electrons. The SMILES string of the molecule is [NH]C(=O)N1CCCC1F. The fraction of sp³-hybridized carbons (Fsp3) is 0.800. The van der Waals surface area contributed by atoms with Crippen molar-refractivity contribution in [1.82, 2.24) is 10.6 Å². The average molecular weight is 131 g/mol. The van der Waals surface area contributed by atoms with Crippen LogP contribution in [0, 0.1) is 0 Å². The molecule has 1 radical (unpaired) electrons. The van der Waals surface area contributed by atoms with Gasteiger partial charge in [-0.25, -0.2) is 14.9 Å². The van der Waals surface area contributed by atoms with Crippen LogP contribution in [0.15, 0.2) is 0 Å². The number of hydrogen-bond donors (Lipinski definition) is 0. The van der Waals surface area contributed by atoms with E-state index in [-0.39, 0.29) is 0 Å². The van der Waals surface area contributed by atoms with Gasteiger partial charge in [-0.1, -0.05) is 0 Å². The van der Waals surface area contributed by atoms with Gasteiger partial charge in [0.15, 0.2) is 6.30 Å². The highest BCUT2D eigenvalue weighted by Gasteiger charge is 2.26. The van der Waals surface area contributed by atoms with Crippen molar-refractivity contribution in [2.24, 2.45) is 0 Å². The minimum absolute atomic E-state index is 0.393. The number of alkyl halides is 1. The molecule has 1 atom stereocenters. The molecule has 3 nitrogen and oxygen atoms in total. The minimum atomic E-state index is -1.20. The van der Waals surface area contributed by atoms with Gasteiger partial charge in [-0.15, -0.1) is 0 Å². The second kappa shape index (κ2) is 2.21. The monoisotopic (exact) mass is 131 g/mol. The van der Waals surface area contributed by atoms with Crippen molar-refractivity contribution in [3.8, 4) is 0 Å². The number of likely N-dealkylation sites (tertiary alicyclic amines) is 1. The van der Waals surface area contributed by atoms with Gasteiger partial charge in [0.25, 0.3) is 0 Å². The molecule has 0 aromatic heterocycles. The van der Waals surface area contributed by atoms with Crippen LogP contribution in [0.5, 0.6) is 0 Å². The molecular weight excluding hydrogens is 123 g/mol. The Bertz CT molecular complexity index is 128. The number of urea groups is 1. The van der Waals surface area contributed by atoms with E-state index in [1.807, 2.05) is 0 Å². The third-order valence-electron chi connectivity index (χ3n) is 1.44. The molecule has 1 unspecified atom stereocenters. The topological polar surface area (TPSA) is 44.1 Å². The normalized spacial score (nSPS) is 26.8. The lowest BCUT2D eigenvalue weighted by Gasteiger charge is -2.13. The van der Waals surface area contributed by atoms with Crippen LogP contribution in [-0.4, -0.2) is 23.8 Å². The summed E-state index contributed by atoms with van der Waals surface area (Å²) in [5.74, 6) is 0. The van der Waals surface area contributed by atoms with E-state index < -0.39 is 12.3 Å². The minimum Gasteiger partial charge on any atom is -0.293 e. The summed E-state index contributed by atoms with van der Waals surface area (Å²) in [7, 11) is 0. The Kier molecular flexibility index (Phi) is 1.55. The van der Waals surface area contributed by atoms with Gasteiger partial charge < -0.3 is 0 Å². The summed E-state index contributed by atoms with van der Waals surface area (Å²) in [6, 6.07) is -0.903. The molecule has 1 rings (SSSR count). The maximum absolute atomic E-state index is 12.4. The van der Waals surface area contributed by atoms with Gasteiger partial charge in [0.2, 0.25) is 0 Å². The highest BCUT2D eigenvalue weighted by atomic mass is 19.1. The Labute approximate surface area is 52.6 Å². The molecule has 1 aliphatic heterocycles. The molecule has 0 aromatic rings. The number of amides is 2. The first kappa shape index (κ1) is 6.32. The molecule has 0 spiro atoms. The maximum Gasteiger partial charge on any atom is 0.338 e. The fourth-order valence-electron chi connectivity index (χ4n) is 0.955. The predicted molar refractivity (Wildman–Crippen MR) is 29.3 cm³/mol. The highest BCUT2D eigenvalue weighted by molar-refractivity contribution is 5.71. The van der Waals surface area contributed by atoms with E-state index >= 15 is 0 Å². The van der Waals surface area contributed by atoms with Gasteiger partial charge in [-0.3, -0.25) is 4.90 Å². The lowest BCUT2D eigenvalue weighted by molar-refractivity contribution is 0.144. The molecule has 0 saturated carbocycles. The van der Waals surface area contributed by atoms with Crippen LogP contribution in [0.1, 0.15) is 12.8 Å². The van der Waals surface area contributed by atoms with Crippen molar-refractivity contribution in [1.29, 1.82) is 0 Å². The second-order valence-electron chi connectivity index (χ2n) is 2.08. The summed E-state index contributed by atoms with van der Waals surface area (Å²) < 4.78 is 12.4. The lowest BCUT2D eigenvalue weighted by atomic mass is 10.4. The average Bonchev–Trinajstić information content (AvgIpc) is 2.13. The van der Waals surface area contributed by atoms with Crippen LogP contribution in [0.25, 0.3) is 0 Å². The van der Waals surface area contributed by atoms with E-state index in [4.69, 9.17) is 5.73 Å². The molecule has 1 N–H and O–H groups in total. The lowest BCUT2D eigenvalue weighted by Crippen LogP contribution is -2.32.